The Kier molecular flexibility index (Phi) is 8.22. The van der Waals surface area contributed by atoms with Crippen LogP contribution in [0.5, 0.6) is 0 Å². The Balaban J connectivity index is 1.80. The van der Waals surface area contributed by atoms with Crippen molar-refractivity contribution >= 4 is 17.6 Å². The summed E-state index contributed by atoms with van der Waals surface area (Å²) in [5.74, 6) is -2.38. The summed E-state index contributed by atoms with van der Waals surface area (Å²) in [6.07, 6.45) is -3.64. The highest BCUT2D eigenvalue weighted by Gasteiger charge is 2.55. The molecule has 8 nitrogen and oxygen atoms in total. The zero-order valence-electron chi connectivity index (χ0n) is 20.2. The first kappa shape index (κ1) is 27.7. The number of nitrogens with one attached hydrogen (secondary N) is 1. The number of carbonyl (C=O) groups excluding carboxylic acids is 2. The van der Waals surface area contributed by atoms with Gasteiger partial charge in [-0.15, -0.1) is 0 Å². The Morgan fingerprint density at radius 3 is 2.32 bits per heavy atom. The Morgan fingerprint density at radius 1 is 1.08 bits per heavy atom. The van der Waals surface area contributed by atoms with Crippen LogP contribution in [0.25, 0.3) is 5.69 Å². The van der Waals surface area contributed by atoms with Crippen molar-refractivity contribution in [3.8, 4) is 5.69 Å². The number of anilines is 1. The number of nitrogens with two attached hydrogens (primary N) is 1. The van der Waals surface area contributed by atoms with E-state index in [2.05, 4.69) is 10.4 Å². The normalized spacial score (nSPS) is 13.2. The standard InChI is InChI=1S/C25H27F4N5O3/c1-3-16-7-5-6-8-19(16)23(36)33(4-2)15-24(37,25(27,28)29)14-31-22(35)20-13-32-34(21(20)30)18-11-9-17(26)10-12-18/h5-13,37H,3-4,14-15,30H2,1-2H3,(H,31,35)/t24-/m0/s1. The summed E-state index contributed by atoms with van der Waals surface area (Å²) in [7, 11) is 0. The van der Waals surface area contributed by atoms with Gasteiger partial charge in [0.15, 0.2) is 5.60 Å². The van der Waals surface area contributed by atoms with Crippen LogP contribution < -0.4 is 11.1 Å². The van der Waals surface area contributed by atoms with E-state index in [9.17, 15) is 32.3 Å². The molecule has 12 heteroatoms. The van der Waals surface area contributed by atoms with E-state index < -0.39 is 42.5 Å². The molecule has 0 saturated heterocycles. The average Bonchev–Trinajstić information content (AvgIpc) is 3.26. The molecule has 0 aliphatic carbocycles. The maximum absolute atomic E-state index is 14.0. The predicted octanol–water partition coefficient (Wildman–Crippen LogP) is 3.34. The molecule has 0 fully saturated rings. The molecule has 4 N–H and O–H groups in total. The summed E-state index contributed by atoms with van der Waals surface area (Å²) in [5, 5.41) is 16.6. The average molecular weight is 522 g/mol. The summed E-state index contributed by atoms with van der Waals surface area (Å²) in [5.41, 5.74) is 3.47. The summed E-state index contributed by atoms with van der Waals surface area (Å²) in [4.78, 5) is 26.6. The fraction of sp³-hybridized carbons (Fsp3) is 0.320. The van der Waals surface area contributed by atoms with Crippen LogP contribution in [0.15, 0.2) is 54.7 Å². The second-order valence-electron chi connectivity index (χ2n) is 8.37. The Hall–Kier alpha value is -3.93. The highest BCUT2D eigenvalue weighted by atomic mass is 19.4. The molecule has 0 saturated carbocycles. The van der Waals surface area contributed by atoms with Gasteiger partial charge in [-0.05, 0) is 49.2 Å². The van der Waals surface area contributed by atoms with E-state index in [4.69, 9.17) is 5.73 Å². The van der Waals surface area contributed by atoms with Gasteiger partial charge < -0.3 is 21.1 Å². The zero-order valence-corrected chi connectivity index (χ0v) is 20.2. The lowest BCUT2D eigenvalue weighted by atomic mass is 10.00. The van der Waals surface area contributed by atoms with Crippen LogP contribution >= 0.6 is 0 Å². The van der Waals surface area contributed by atoms with Crippen LogP contribution in [0.3, 0.4) is 0 Å². The topological polar surface area (TPSA) is 113 Å². The van der Waals surface area contributed by atoms with Gasteiger partial charge in [0.05, 0.1) is 25.0 Å². The molecule has 0 aliphatic rings. The van der Waals surface area contributed by atoms with Gasteiger partial charge in [-0.2, -0.15) is 18.3 Å². The summed E-state index contributed by atoms with van der Waals surface area (Å²) >= 11 is 0. The molecule has 0 unspecified atom stereocenters. The van der Waals surface area contributed by atoms with Crippen LogP contribution in [0, 0.1) is 5.82 Å². The Morgan fingerprint density at radius 2 is 1.73 bits per heavy atom. The minimum atomic E-state index is -5.18. The van der Waals surface area contributed by atoms with Crippen molar-refractivity contribution in [2.24, 2.45) is 0 Å². The summed E-state index contributed by atoms with van der Waals surface area (Å²) in [6.45, 7) is 0.852. The Bertz CT molecular complexity index is 1260. The smallest absolute Gasteiger partial charge is 0.383 e. The fourth-order valence-electron chi connectivity index (χ4n) is 3.74. The van der Waals surface area contributed by atoms with E-state index in [0.717, 1.165) is 27.9 Å². The first-order chi connectivity index (χ1) is 17.4. The maximum Gasteiger partial charge on any atom is 0.420 e. The van der Waals surface area contributed by atoms with E-state index in [1.807, 2.05) is 6.92 Å². The molecule has 1 aromatic heterocycles. The molecule has 1 heterocycles. The minimum absolute atomic E-state index is 0.111. The van der Waals surface area contributed by atoms with Crippen molar-refractivity contribution in [1.29, 1.82) is 0 Å². The van der Waals surface area contributed by atoms with Crippen molar-refractivity contribution < 1.29 is 32.3 Å². The fourth-order valence-corrected chi connectivity index (χ4v) is 3.74. The molecule has 2 amide bonds. The number of aliphatic hydroxyl groups is 1. The zero-order chi connectivity index (χ0) is 27.4. The number of aryl methyl sites for hydroxylation is 1. The first-order valence-corrected chi connectivity index (χ1v) is 11.5. The van der Waals surface area contributed by atoms with Gasteiger partial charge >= 0.3 is 6.18 Å². The van der Waals surface area contributed by atoms with E-state index in [1.54, 1.807) is 18.2 Å². The number of nitrogen functional groups attached to an aromatic ring is 1. The number of amides is 2. The molecule has 3 rings (SSSR count). The van der Waals surface area contributed by atoms with Gasteiger partial charge in [0.25, 0.3) is 11.8 Å². The van der Waals surface area contributed by atoms with Crippen molar-refractivity contribution in [3.63, 3.8) is 0 Å². The second-order valence-corrected chi connectivity index (χ2v) is 8.37. The summed E-state index contributed by atoms with van der Waals surface area (Å²) < 4.78 is 56.3. The number of hydrogen-bond acceptors (Lipinski definition) is 5. The molecule has 0 radical (unpaired) electrons. The number of rotatable bonds is 9. The first-order valence-electron chi connectivity index (χ1n) is 11.5. The van der Waals surface area contributed by atoms with Gasteiger partial charge in [-0.3, -0.25) is 9.59 Å². The number of halogens is 4. The maximum atomic E-state index is 14.0. The minimum Gasteiger partial charge on any atom is -0.383 e. The van der Waals surface area contributed by atoms with Crippen molar-refractivity contribution in [1.82, 2.24) is 20.0 Å². The lowest BCUT2D eigenvalue weighted by Crippen LogP contribution is -2.60. The highest BCUT2D eigenvalue weighted by Crippen LogP contribution is 2.32. The third-order valence-corrected chi connectivity index (χ3v) is 5.94. The largest absolute Gasteiger partial charge is 0.420 e. The number of benzene rings is 2. The number of alkyl halides is 3. The molecule has 0 bridgehead atoms. The third-order valence-electron chi connectivity index (χ3n) is 5.94. The van der Waals surface area contributed by atoms with E-state index in [0.29, 0.717) is 17.7 Å². The molecule has 3 aromatic rings. The van der Waals surface area contributed by atoms with Gasteiger partial charge in [-0.25, -0.2) is 9.07 Å². The quantitative estimate of drug-likeness (QED) is 0.374. The summed E-state index contributed by atoms with van der Waals surface area (Å²) in [6, 6.07) is 11.6. The molecular weight excluding hydrogens is 494 g/mol. The Labute approximate surface area is 210 Å². The van der Waals surface area contributed by atoms with Crippen LogP contribution in [0.2, 0.25) is 0 Å². The molecular formula is C25H27F4N5O3. The van der Waals surface area contributed by atoms with E-state index >= 15 is 0 Å². The number of likely N-dealkylation sites (N-methyl/N-ethyl adjacent to an activating group) is 1. The van der Waals surface area contributed by atoms with Crippen molar-refractivity contribution in [3.05, 3.63) is 77.2 Å². The molecule has 0 spiro atoms. The van der Waals surface area contributed by atoms with Crippen LogP contribution in [-0.4, -0.2) is 63.0 Å². The van der Waals surface area contributed by atoms with Crippen LogP contribution in [-0.2, 0) is 6.42 Å². The lowest BCUT2D eigenvalue weighted by Gasteiger charge is -2.35. The molecule has 2 aromatic carbocycles. The predicted molar refractivity (Wildman–Crippen MR) is 129 cm³/mol. The highest BCUT2D eigenvalue weighted by molar-refractivity contribution is 5.98. The number of hydrogen-bond donors (Lipinski definition) is 3. The lowest BCUT2D eigenvalue weighted by molar-refractivity contribution is -0.259. The molecule has 37 heavy (non-hydrogen) atoms. The molecule has 198 valence electrons. The molecule has 1 atom stereocenters. The SMILES string of the molecule is CCc1ccccc1C(=O)N(CC)C[C@@](O)(CNC(=O)c1cnn(-c2ccc(F)cc2)c1N)C(F)(F)F. The van der Waals surface area contributed by atoms with E-state index in [1.165, 1.54) is 25.1 Å². The van der Waals surface area contributed by atoms with E-state index in [-0.39, 0.29) is 23.5 Å². The number of carbonyl (C=O) groups is 2. The monoisotopic (exact) mass is 521 g/mol. The number of nitrogens with zero attached hydrogens (tertiary/aromatic N) is 3. The third kappa shape index (κ3) is 5.91. The molecule has 0 aliphatic heterocycles. The second kappa shape index (κ2) is 11.0. The number of aromatic nitrogens is 2. The van der Waals surface area contributed by atoms with Crippen molar-refractivity contribution in [2.45, 2.75) is 32.0 Å². The van der Waals surface area contributed by atoms with Gasteiger partial charge in [0.2, 0.25) is 0 Å². The van der Waals surface area contributed by atoms with Gasteiger partial charge in [-0.1, -0.05) is 25.1 Å². The van der Waals surface area contributed by atoms with Crippen LogP contribution in [0.1, 0.15) is 40.1 Å². The van der Waals surface area contributed by atoms with Crippen LogP contribution in [0.4, 0.5) is 23.4 Å². The van der Waals surface area contributed by atoms with Gasteiger partial charge in [0.1, 0.15) is 17.2 Å². The van der Waals surface area contributed by atoms with Gasteiger partial charge in [0, 0.05) is 12.1 Å². The van der Waals surface area contributed by atoms with Crippen molar-refractivity contribution in [2.75, 3.05) is 25.4 Å².